The van der Waals surface area contributed by atoms with E-state index >= 15 is 0 Å². The molecule has 0 spiro atoms. The van der Waals surface area contributed by atoms with Crippen molar-refractivity contribution in [1.29, 1.82) is 0 Å². The number of hydrogen-bond donors (Lipinski definition) is 2. The van der Waals surface area contributed by atoms with E-state index in [0.717, 1.165) is 11.3 Å². The lowest BCUT2D eigenvalue weighted by molar-refractivity contribution is 0.420. The van der Waals surface area contributed by atoms with Crippen molar-refractivity contribution in [2.45, 2.75) is 39.3 Å². The zero-order valence-electron chi connectivity index (χ0n) is 12.5. The molecule has 0 aliphatic heterocycles. The lowest BCUT2D eigenvalue weighted by Gasteiger charge is -2.20. The van der Waals surface area contributed by atoms with Crippen LogP contribution in [0.15, 0.2) is 35.1 Å². The second kappa shape index (κ2) is 6.41. The van der Waals surface area contributed by atoms with Gasteiger partial charge in [-0.2, -0.15) is 0 Å². The molecule has 112 valence electrons. The molecule has 0 saturated heterocycles. The summed E-state index contributed by atoms with van der Waals surface area (Å²) in [6.45, 7) is 6.79. The molecule has 5 heteroatoms. The number of benzene rings is 1. The second-order valence-electron chi connectivity index (χ2n) is 6.09. The predicted molar refractivity (Wildman–Crippen MR) is 85.7 cm³/mol. The summed E-state index contributed by atoms with van der Waals surface area (Å²) in [7, 11) is 0. The summed E-state index contributed by atoms with van der Waals surface area (Å²) in [5.41, 5.74) is 1.61. The van der Waals surface area contributed by atoms with Crippen LogP contribution in [0, 0.1) is 0 Å². The van der Waals surface area contributed by atoms with Gasteiger partial charge in [0.1, 0.15) is 5.82 Å². The van der Waals surface area contributed by atoms with Crippen molar-refractivity contribution < 1.29 is 0 Å². The summed E-state index contributed by atoms with van der Waals surface area (Å²) in [6, 6.07) is 9.08. The molecule has 4 nitrogen and oxygen atoms in total. The van der Waals surface area contributed by atoms with Crippen molar-refractivity contribution in [3.05, 3.63) is 62.8 Å². The van der Waals surface area contributed by atoms with Crippen LogP contribution in [0.1, 0.15) is 37.9 Å². The first kappa shape index (κ1) is 15.7. The van der Waals surface area contributed by atoms with Crippen LogP contribution in [0.3, 0.4) is 0 Å². The number of aromatic nitrogens is 2. The Morgan fingerprint density at radius 1 is 1.29 bits per heavy atom. The number of halogens is 1. The van der Waals surface area contributed by atoms with Gasteiger partial charge in [0, 0.05) is 29.6 Å². The molecule has 0 unspecified atom stereocenters. The minimum Gasteiger partial charge on any atom is -0.310 e. The van der Waals surface area contributed by atoms with Crippen molar-refractivity contribution >= 4 is 11.6 Å². The zero-order valence-corrected chi connectivity index (χ0v) is 13.3. The van der Waals surface area contributed by atoms with Gasteiger partial charge in [-0.05, 0) is 38.5 Å². The van der Waals surface area contributed by atoms with E-state index in [-0.39, 0.29) is 11.1 Å². The number of nitrogens with one attached hydrogen (secondary N) is 2. The van der Waals surface area contributed by atoms with Gasteiger partial charge in [0.15, 0.2) is 0 Å². The van der Waals surface area contributed by atoms with Crippen molar-refractivity contribution in [3.63, 3.8) is 0 Å². The van der Waals surface area contributed by atoms with E-state index in [1.54, 1.807) is 0 Å². The lowest BCUT2D eigenvalue weighted by Crippen LogP contribution is -2.35. The standard InChI is InChI=1S/C16H20ClN3O/c1-16(2,3)18-10-13-9-15(21)20-14(19-13)8-11-5-4-6-12(17)7-11/h4-7,9,18H,8,10H2,1-3H3,(H,19,20,21). The van der Waals surface area contributed by atoms with Crippen LogP contribution in [0.25, 0.3) is 0 Å². The van der Waals surface area contributed by atoms with Crippen LogP contribution in [0.5, 0.6) is 0 Å². The molecule has 0 atom stereocenters. The van der Waals surface area contributed by atoms with E-state index in [2.05, 4.69) is 36.1 Å². The Labute approximate surface area is 129 Å². The fourth-order valence-electron chi connectivity index (χ4n) is 1.93. The number of rotatable bonds is 4. The third kappa shape index (κ3) is 5.33. The first-order valence-electron chi connectivity index (χ1n) is 6.90. The molecule has 0 aliphatic rings. The highest BCUT2D eigenvalue weighted by Gasteiger charge is 2.10. The maximum atomic E-state index is 11.7. The molecule has 1 aromatic heterocycles. The van der Waals surface area contributed by atoms with Crippen molar-refractivity contribution in [2.75, 3.05) is 0 Å². The summed E-state index contributed by atoms with van der Waals surface area (Å²) >= 11 is 5.97. The van der Waals surface area contributed by atoms with Gasteiger partial charge >= 0.3 is 0 Å². The molecule has 0 amide bonds. The molecule has 0 fully saturated rings. The van der Waals surface area contributed by atoms with Crippen LogP contribution in [0.4, 0.5) is 0 Å². The number of nitrogens with zero attached hydrogens (tertiary/aromatic N) is 1. The highest BCUT2D eigenvalue weighted by Crippen LogP contribution is 2.13. The summed E-state index contributed by atoms with van der Waals surface area (Å²) < 4.78 is 0. The van der Waals surface area contributed by atoms with Crippen LogP contribution >= 0.6 is 11.6 Å². The van der Waals surface area contributed by atoms with Gasteiger partial charge in [0.25, 0.3) is 5.56 Å². The molecule has 1 aromatic carbocycles. The smallest absolute Gasteiger partial charge is 0.251 e. The molecule has 0 bridgehead atoms. The average Bonchev–Trinajstić information content (AvgIpc) is 2.35. The third-order valence-electron chi connectivity index (χ3n) is 2.90. The largest absolute Gasteiger partial charge is 0.310 e. The molecular formula is C16H20ClN3O. The van der Waals surface area contributed by atoms with E-state index < -0.39 is 0 Å². The van der Waals surface area contributed by atoms with Gasteiger partial charge in [0.05, 0.1) is 5.69 Å². The van der Waals surface area contributed by atoms with Crippen LogP contribution in [-0.4, -0.2) is 15.5 Å². The molecule has 0 radical (unpaired) electrons. The summed E-state index contributed by atoms with van der Waals surface area (Å²) in [5, 5.41) is 4.01. The highest BCUT2D eigenvalue weighted by atomic mass is 35.5. The van der Waals surface area contributed by atoms with Gasteiger partial charge in [-0.25, -0.2) is 4.98 Å². The Bertz CT molecular complexity index is 674. The fraction of sp³-hybridized carbons (Fsp3) is 0.375. The maximum Gasteiger partial charge on any atom is 0.251 e. The van der Waals surface area contributed by atoms with Crippen molar-refractivity contribution in [2.24, 2.45) is 0 Å². The second-order valence-corrected chi connectivity index (χ2v) is 6.53. The SMILES string of the molecule is CC(C)(C)NCc1cc(=O)[nH]c(Cc2cccc(Cl)c2)n1. The van der Waals surface area contributed by atoms with Gasteiger partial charge in [-0.15, -0.1) is 0 Å². The third-order valence-corrected chi connectivity index (χ3v) is 3.14. The Morgan fingerprint density at radius 3 is 2.71 bits per heavy atom. The number of H-pyrrole nitrogens is 1. The predicted octanol–water partition coefficient (Wildman–Crippen LogP) is 2.90. The van der Waals surface area contributed by atoms with Crippen molar-refractivity contribution in [1.82, 2.24) is 15.3 Å². The Kier molecular flexibility index (Phi) is 4.80. The van der Waals surface area contributed by atoms with E-state index in [1.165, 1.54) is 6.07 Å². The van der Waals surface area contributed by atoms with E-state index in [4.69, 9.17) is 11.6 Å². The molecule has 2 N–H and O–H groups in total. The maximum absolute atomic E-state index is 11.7. The van der Waals surface area contributed by atoms with Gasteiger partial charge in [-0.1, -0.05) is 23.7 Å². The number of hydrogen-bond acceptors (Lipinski definition) is 3. The summed E-state index contributed by atoms with van der Waals surface area (Å²) in [6.07, 6.45) is 0.555. The van der Waals surface area contributed by atoms with Crippen molar-refractivity contribution in [3.8, 4) is 0 Å². The Morgan fingerprint density at radius 2 is 2.05 bits per heavy atom. The Balaban J connectivity index is 2.17. The average molecular weight is 306 g/mol. The van der Waals surface area contributed by atoms with E-state index in [0.29, 0.717) is 23.8 Å². The topological polar surface area (TPSA) is 57.8 Å². The summed E-state index contributed by atoms with van der Waals surface area (Å²) in [4.78, 5) is 19.0. The Hall–Kier alpha value is -1.65. The minimum atomic E-state index is -0.132. The normalized spacial score (nSPS) is 11.6. The molecule has 0 saturated carbocycles. The summed E-state index contributed by atoms with van der Waals surface area (Å²) in [5.74, 6) is 0.649. The van der Waals surface area contributed by atoms with Gasteiger partial charge in [-0.3, -0.25) is 4.79 Å². The lowest BCUT2D eigenvalue weighted by atomic mass is 10.1. The first-order chi connectivity index (χ1) is 9.82. The fourth-order valence-corrected chi connectivity index (χ4v) is 2.15. The molecule has 2 aromatic rings. The van der Waals surface area contributed by atoms with Gasteiger partial charge < -0.3 is 10.3 Å². The highest BCUT2D eigenvalue weighted by molar-refractivity contribution is 6.30. The van der Waals surface area contributed by atoms with E-state index in [9.17, 15) is 4.79 Å². The molecule has 21 heavy (non-hydrogen) atoms. The quantitative estimate of drug-likeness (QED) is 0.913. The molecule has 1 heterocycles. The monoisotopic (exact) mass is 305 g/mol. The van der Waals surface area contributed by atoms with Gasteiger partial charge in [0.2, 0.25) is 0 Å². The molecular weight excluding hydrogens is 286 g/mol. The first-order valence-corrected chi connectivity index (χ1v) is 7.28. The molecule has 2 rings (SSSR count). The minimum absolute atomic E-state index is 0.0165. The van der Waals surface area contributed by atoms with Crippen LogP contribution in [-0.2, 0) is 13.0 Å². The molecule has 0 aliphatic carbocycles. The van der Waals surface area contributed by atoms with E-state index in [1.807, 2.05) is 24.3 Å². The van der Waals surface area contributed by atoms with Crippen LogP contribution < -0.4 is 10.9 Å². The van der Waals surface area contributed by atoms with Crippen LogP contribution in [0.2, 0.25) is 5.02 Å². The number of aromatic amines is 1. The zero-order chi connectivity index (χ0) is 15.5.